The molecule has 0 saturated heterocycles. The normalized spacial score (nSPS) is 16.0. The molecule has 84 valence electrons. The predicted molar refractivity (Wildman–Crippen MR) is 66.4 cm³/mol. The zero-order chi connectivity index (χ0) is 11.6. The van der Waals surface area contributed by atoms with Gasteiger partial charge < -0.3 is 0 Å². The van der Waals surface area contributed by atoms with Crippen molar-refractivity contribution in [2.24, 2.45) is 0 Å². The molecule has 1 rings (SSSR count). The van der Waals surface area contributed by atoms with E-state index in [0.29, 0.717) is 4.90 Å². The zero-order valence-corrected chi connectivity index (χ0v) is 11.5. The van der Waals surface area contributed by atoms with Gasteiger partial charge in [0.15, 0.2) is 9.84 Å². The first-order valence-electron chi connectivity index (χ1n) is 4.77. The minimum Gasteiger partial charge on any atom is -0.224 e. The number of halogens is 1. The molecule has 0 aliphatic carbocycles. The fourth-order valence-electron chi connectivity index (χ4n) is 1.44. The molecule has 0 bridgehead atoms. The summed E-state index contributed by atoms with van der Waals surface area (Å²) in [6.07, 6.45) is 1.25. The van der Waals surface area contributed by atoms with E-state index in [1.807, 2.05) is 26.0 Å². The van der Waals surface area contributed by atoms with Gasteiger partial charge in [-0.05, 0) is 17.5 Å². The van der Waals surface area contributed by atoms with Crippen molar-refractivity contribution in [1.29, 1.82) is 0 Å². The van der Waals surface area contributed by atoms with Gasteiger partial charge >= 0.3 is 0 Å². The molecule has 0 amide bonds. The van der Waals surface area contributed by atoms with Crippen LogP contribution in [0.25, 0.3) is 0 Å². The Kier molecular flexibility index (Phi) is 3.95. The predicted octanol–water partition coefficient (Wildman–Crippen LogP) is 2.98. The lowest BCUT2D eigenvalue weighted by Crippen LogP contribution is -2.10. The summed E-state index contributed by atoms with van der Waals surface area (Å²) in [7, 11) is -3.13. The van der Waals surface area contributed by atoms with Gasteiger partial charge in [0.2, 0.25) is 0 Å². The summed E-state index contributed by atoms with van der Waals surface area (Å²) in [5.74, 6) is 0.177. The zero-order valence-electron chi connectivity index (χ0n) is 9.07. The maximum atomic E-state index is 11.6. The van der Waals surface area contributed by atoms with E-state index in [2.05, 4.69) is 15.9 Å². The number of hydrogen-bond acceptors (Lipinski definition) is 2. The molecule has 2 nitrogen and oxygen atoms in total. The molecule has 0 aliphatic rings. The van der Waals surface area contributed by atoms with Gasteiger partial charge in [0.1, 0.15) is 0 Å². The Morgan fingerprint density at radius 1 is 1.20 bits per heavy atom. The van der Waals surface area contributed by atoms with Crippen molar-refractivity contribution in [3.63, 3.8) is 0 Å². The highest BCUT2D eigenvalue weighted by Gasteiger charge is 2.19. The maximum Gasteiger partial charge on any atom is 0.175 e. The molecule has 0 heterocycles. The van der Waals surface area contributed by atoms with Gasteiger partial charge in [-0.15, -0.1) is 0 Å². The molecule has 1 aromatic carbocycles. The smallest absolute Gasteiger partial charge is 0.175 e. The Hall–Kier alpha value is -0.350. The van der Waals surface area contributed by atoms with Gasteiger partial charge in [-0.3, -0.25) is 0 Å². The molecule has 1 aromatic rings. The summed E-state index contributed by atoms with van der Waals surface area (Å²) < 4.78 is 23.1. The Bertz CT molecular complexity index is 438. The van der Waals surface area contributed by atoms with Crippen molar-refractivity contribution < 1.29 is 8.42 Å². The van der Waals surface area contributed by atoms with Crippen LogP contribution in [0, 0.1) is 0 Å². The fraction of sp³-hybridized carbons (Fsp3) is 0.455. The molecule has 0 radical (unpaired) electrons. The standard InChI is InChI=1S/C11H15BrO2S/c1-8(9(2)12)10-6-4-5-7-11(10)15(3,13)14/h4-9H,1-3H3. The summed E-state index contributed by atoms with van der Waals surface area (Å²) in [4.78, 5) is 0.684. The van der Waals surface area contributed by atoms with Crippen LogP contribution in [0.3, 0.4) is 0 Å². The summed E-state index contributed by atoms with van der Waals surface area (Å²) >= 11 is 3.48. The molecule has 15 heavy (non-hydrogen) atoms. The lowest BCUT2D eigenvalue weighted by molar-refractivity contribution is 0.598. The molecule has 2 atom stereocenters. The number of benzene rings is 1. The maximum absolute atomic E-state index is 11.6. The lowest BCUT2D eigenvalue weighted by Gasteiger charge is -2.17. The highest BCUT2D eigenvalue weighted by molar-refractivity contribution is 9.09. The third-order valence-corrected chi connectivity index (χ3v) is 4.46. The van der Waals surface area contributed by atoms with Gasteiger partial charge in [-0.2, -0.15) is 0 Å². The van der Waals surface area contributed by atoms with Crippen LogP contribution < -0.4 is 0 Å². The third kappa shape index (κ3) is 3.05. The van der Waals surface area contributed by atoms with E-state index in [9.17, 15) is 8.42 Å². The van der Waals surface area contributed by atoms with E-state index in [-0.39, 0.29) is 10.7 Å². The molecule has 0 fully saturated rings. The van der Waals surface area contributed by atoms with Crippen LogP contribution in [-0.2, 0) is 9.84 Å². The van der Waals surface area contributed by atoms with Crippen molar-refractivity contribution >= 4 is 25.8 Å². The SMILES string of the molecule is CC(Br)C(C)c1ccccc1S(C)(=O)=O. The second-order valence-corrected chi connectivity index (χ2v) is 7.20. The van der Waals surface area contributed by atoms with Gasteiger partial charge in [0.25, 0.3) is 0 Å². The molecule has 0 aromatic heterocycles. The Morgan fingerprint density at radius 3 is 2.20 bits per heavy atom. The average molecular weight is 291 g/mol. The summed E-state index contributed by atoms with van der Waals surface area (Å²) in [6.45, 7) is 4.03. The summed E-state index contributed by atoms with van der Waals surface area (Å²) in [6, 6.07) is 7.16. The minimum atomic E-state index is -3.13. The quantitative estimate of drug-likeness (QED) is 0.802. The van der Waals surface area contributed by atoms with Gasteiger partial charge in [0, 0.05) is 11.1 Å². The van der Waals surface area contributed by atoms with Crippen molar-refractivity contribution in [3.8, 4) is 0 Å². The van der Waals surface area contributed by atoms with Crippen molar-refractivity contribution in [1.82, 2.24) is 0 Å². The van der Waals surface area contributed by atoms with E-state index < -0.39 is 9.84 Å². The largest absolute Gasteiger partial charge is 0.224 e. The van der Waals surface area contributed by atoms with Crippen LogP contribution in [0.15, 0.2) is 29.2 Å². The average Bonchev–Trinajstić information content (AvgIpc) is 2.15. The van der Waals surface area contributed by atoms with Crippen LogP contribution in [0.1, 0.15) is 25.3 Å². The molecule has 0 aliphatic heterocycles. The van der Waals surface area contributed by atoms with E-state index in [0.717, 1.165) is 5.56 Å². The van der Waals surface area contributed by atoms with Gasteiger partial charge in [0.05, 0.1) is 4.90 Å². The number of sulfone groups is 1. The molecular weight excluding hydrogens is 276 g/mol. The second kappa shape index (κ2) is 4.66. The first-order valence-corrected chi connectivity index (χ1v) is 7.58. The summed E-state index contributed by atoms with van der Waals surface area (Å²) in [5, 5.41) is 0. The highest BCUT2D eigenvalue weighted by Crippen LogP contribution is 2.29. The Labute approximate surface area is 99.7 Å². The van der Waals surface area contributed by atoms with Crippen LogP contribution in [0.4, 0.5) is 0 Å². The van der Waals surface area contributed by atoms with E-state index in [1.54, 1.807) is 12.1 Å². The van der Waals surface area contributed by atoms with Crippen LogP contribution in [0.2, 0.25) is 0 Å². The van der Waals surface area contributed by atoms with E-state index >= 15 is 0 Å². The van der Waals surface area contributed by atoms with Gasteiger partial charge in [-0.25, -0.2) is 8.42 Å². The molecule has 0 spiro atoms. The van der Waals surface area contributed by atoms with Crippen molar-refractivity contribution in [2.75, 3.05) is 6.26 Å². The molecule has 0 saturated carbocycles. The summed E-state index contributed by atoms with van der Waals surface area (Å²) in [5.41, 5.74) is 0.879. The van der Waals surface area contributed by atoms with Gasteiger partial charge in [-0.1, -0.05) is 48.0 Å². The first kappa shape index (κ1) is 12.7. The van der Waals surface area contributed by atoms with Crippen LogP contribution in [0.5, 0.6) is 0 Å². The van der Waals surface area contributed by atoms with E-state index in [4.69, 9.17) is 0 Å². The number of alkyl halides is 1. The molecular formula is C11H15BrO2S. The molecule has 0 N–H and O–H groups in total. The highest BCUT2D eigenvalue weighted by atomic mass is 79.9. The number of rotatable bonds is 3. The third-order valence-electron chi connectivity index (χ3n) is 2.50. The van der Waals surface area contributed by atoms with Crippen LogP contribution in [-0.4, -0.2) is 19.5 Å². The van der Waals surface area contributed by atoms with Crippen molar-refractivity contribution in [2.45, 2.75) is 29.5 Å². The molecule has 2 unspecified atom stereocenters. The topological polar surface area (TPSA) is 34.1 Å². The Balaban J connectivity index is 3.31. The lowest BCUT2D eigenvalue weighted by atomic mass is 9.99. The number of hydrogen-bond donors (Lipinski definition) is 0. The molecule has 4 heteroatoms. The second-order valence-electron chi connectivity index (χ2n) is 3.78. The monoisotopic (exact) mass is 290 g/mol. The van der Waals surface area contributed by atoms with Crippen LogP contribution >= 0.6 is 15.9 Å². The van der Waals surface area contributed by atoms with Crippen molar-refractivity contribution in [3.05, 3.63) is 29.8 Å². The van der Waals surface area contributed by atoms with E-state index in [1.165, 1.54) is 6.26 Å². The fourth-order valence-corrected chi connectivity index (χ4v) is 2.73. The Morgan fingerprint density at radius 2 is 1.73 bits per heavy atom. The minimum absolute atomic E-state index is 0.177. The first-order chi connectivity index (χ1) is 6.84.